The molecule has 1 aromatic rings. The van der Waals surface area contributed by atoms with Gasteiger partial charge >= 0.3 is 0 Å². The van der Waals surface area contributed by atoms with E-state index in [9.17, 15) is 4.79 Å². The zero-order valence-corrected chi connectivity index (χ0v) is 13.3. The quantitative estimate of drug-likeness (QED) is 0.900. The Bertz CT molecular complexity index is 470. The predicted octanol–water partition coefficient (Wildman–Crippen LogP) is 1.83. The number of fused-ring (bicyclic) bond motifs is 1. The number of hydrogen-bond acceptors (Lipinski definition) is 4. The monoisotopic (exact) mass is 314 g/mol. The van der Waals surface area contributed by atoms with E-state index in [0.717, 1.165) is 11.5 Å². The van der Waals surface area contributed by atoms with Crippen molar-refractivity contribution in [3.63, 3.8) is 0 Å². The Hall–Kier alpha value is -1.46. The highest BCUT2D eigenvalue weighted by atomic mass is 35.5. The van der Waals surface area contributed by atoms with E-state index < -0.39 is 6.04 Å². The molecule has 21 heavy (non-hydrogen) atoms. The third-order valence-electron chi connectivity index (χ3n) is 3.44. The zero-order valence-electron chi connectivity index (χ0n) is 12.5. The van der Waals surface area contributed by atoms with Gasteiger partial charge in [0.15, 0.2) is 17.6 Å². The average Bonchev–Trinajstić information content (AvgIpc) is 2.50. The van der Waals surface area contributed by atoms with E-state index in [-0.39, 0.29) is 24.4 Å². The van der Waals surface area contributed by atoms with Gasteiger partial charge in [0, 0.05) is 6.54 Å². The summed E-state index contributed by atoms with van der Waals surface area (Å²) >= 11 is 0. The summed E-state index contributed by atoms with van der Waals surface area (Å²) in [5.74, 6) is 1.45. The van der Waals surface area contributed by atoms with Crippen molar-refractivity contribution in [3.8, 4) is 11.5 Å². The van der Waals surface area contributed by atoms with E-state index in [2.05, 4.69) is 0 Å². The van der Waals surface area contributed by atoms with Crippen LogP contribution in [0, 0.1) is 0 Å². The standard InChI is InChI=1S/C15H22N2O3.ClH/c1-3-12(16)15(18)17(4-2)9-11-10-19-13-7-5-6-8-14(13)20-11;/h5-8,11-12H,3-4,9-10,16H2,1-2H3;1H/t11?,12-;/m0./s1. The van der Waals surface area contributed by atoms with E-state index in [1.807, 2.05) is 38.1 Å². The van der Waals surface area contributed by atoms with Crippen LogP contribution >= 0.6 is 12.4 Å². The molecule has 1 aromatic carbocycles. The lowest BCUT2D eigenvalue weighted by Gasteiger charge is -2.31. The van der Waals surface area contributed by atoms with Crippen LogP contribution in [0.2, 0.25) is 0 Å². The molecule has 0 saturated carbocycles. The third-order valence-corrected chi connectivity index (χ3v) is 3.44. The summed E-state index contributed by atoms with van der Waals surface area (Å²) in [6.07, 6.45) is 0.484. The molecular formula is C15H23ClN2O3. The molecule has 6 heteroatoms. The summed E-state index contributed by atoms with van der Waals surface area (Å²) in [6, 6.07) is 7.12. The van der Waals surface area contributed by atoms with Crippen LogP contribution in [0.4, 0.5) is 0 Å². The van der Waals surface area contributed by atoms with Gasteiger partial charge in [-0.3, -0.25) is 4.79 Å². The second-order valence-electron chi connectivity index (χ2n) is 4.89. The van der Waals surface area contributed by atoms with Gasteiger partial charge < -0.3 is 20.1 Å². The van der Waals surface area contributed by atoms with Gasteiger partial charge in [-0.05, 0) is 25.5 Å². The van der Waals surface area contributed by atoms with Crippen LogP contribution in [-0.2, 0) is 4.79 Å². The molecule has 5 nitrogen and oxygen atoms in total. The molecule has 2 N–H and O–H groups in total. The highest BCUT2D eigenvalue weighted by molar-refractivity contribution is 5.85. The summed E-state index contributed by atoms with van der Waals surface area (Å²) in [6.45, 7) is 5.42. The maximum absolute atomic E-state index is 12.1. The lowest BCUT2D eigenvalue weighted by molar-refractivity contribution is -0.134. The zero-order chi connectivity index (χ0) is 14.5. The fourth-order valence-electron chi connectivity index (χ4n) is 2.18. The second kappa shape index (κ2) is 8.10. The molecule has 1 aliphatic rings. The third kappa shape index (κ3) is 4.25. The summed E-state index contributed by atoms with van der Waals surface area (Å²) < 4.78 is 11.5. The molecule has 1 aliphatic heterocycles. The Morgan fingerprint density at radius 3 is 2.67 bits per heavy atom. The number of nitrogens with two attached hydrogens (primary N) is 1. The van der Waals surface area contributed by atoms with Gasteiger partial charge in [0.05, 0.1) is 12.6 Å². The Kier molecular flexibility index (Phi) is 6.78. The van der Waals surface area contributed by atoms with Crippen molar-refractivity contribution < 1.29 is 14.3 Å². The average molecular weight is 315 g/mol. The van der Waals surface area contributed by atoms with E-state index in [4.69, 9.17) is 15.2 Å². The first kappa shape index (κ1) is 17.6. The number of hydrogen-bond donors (Lipinski definition) is 1. The van der Waals surface area contributed by atoms with Crippen molar-refractivity contribution in [2.24, 2.45) is 5.73 Å². The molecule has 2 atom stereocenters. The van der Waals surface area contributed by atoms with Crippen molar-refractivity contribution in [1.29, 1.82) is 0 Å². The lowest BCUT2D eigenvalue weighted by Crippen LogP contribution is -2.49. The largest absolute Gasteiger partial charge is 0.486 e. The maximum atomic E-state index is 12.1. The van der Waals surface area contributed by atoms with Crippen molar-refractivity contribution in [1.82, 2.24) is 4.90 Å². The number of benzene rings is 1. The van der Waals surface area contributed by atoms with Gasteiger partial charge in [-0.1, -0.05) is 19.1 Å². The maximum Gasteiger partial charge on any atom is 0.239 e. The minimum atomic E-state index is -0.438. The number of carbonyl (C=O) groups is 1. The smallest absolute Gasteiger partial charge is 0.239 e. The summed E-state index contributed by atoms with van der Waals surface area (Å²) in [5, 5.41) is 0. The van der Waals surface area contributed by atoms with E-state index in [0.29, 0.717) is 26.1 Å². The van der Waals surface area contributed by atoms with E-state index in [1.54, 1.807) is 4.90 Å². The minimum absolute atomic E-state index is 0. The fraction of sp³-hybridized carbons (Fsp3) is 0.533. The molecule has 0 spiro atoms. The van der Waals surface area contributed by atoms with Crippen LogP contribution in [0.1, 0.15) is 20.3 Å². The van der Waals surface area contributed by atoms with Crippen LogP contribution < -0.4 is 15.2 Å². The molecule has 0 aromatic heterocycles. The first-order valence-corrected chi connectivity index (χ1v) is 7.08. The van der Waals surface area contributed by atoms with Gasteiger partial charge in [0.25, 0.3) is 0 Å². The van der Waals surface area contributed by atoms with Gasteiger partial charge in [0.2, 0.25) is 5.91 Å². The van der Waals surface area contributed by atoms with Gasteiger partial charge in [-0.25, -0.2) is 0 Å². The number of rotatable bonds is 5. The number of ether oxygens (including phenoxy) is 2. The number of para-hydroxylation sites is 2. The van der Waals surface area contributed by atoms with Crippen molar-refractivity contribution in [2.45, 2.75) is 32.4 Å². The molecule has 0 radical (unpaired) electrons. The fourth-order valence-corrected chi connectivity index (χ4v) is 2.18. The molecule has 1 amide bonds. The van der Waals surface area contributed by atoms with Crippen LogP contribution in [-0.4, -0.2) is 42.6 Å². The highest BCUT2D eigenvalue weighted by Gasteiger charge is 2.26. The number of likely N-dealkylation sites (N-methyl/N-ethyl adjacent to an activating group) is 1. The van der Waals surface area contributed by atoms with Crippen LogP contribution in [0.15, 0.2) is 24.3 Å². The molecule has 118 valence electrons. The minimum Gasteiger partial charge on any atom is -0.486 e. The molecule has 0 bridgehead atoms. The van der Waals surface area contributed by atoms with Crippen LogP contribution in [0.3, 0.4) is 0 Å². The molecule has 0 saturated heterocycles. The predicted molar refractivity (Wildman–Crippen MR) is 84.1 cm³/mol. The summed E-state index contributed by atoms with van der Waals surface area (Å²) in [7, 11) is 0. The SMILES string of the molecule is CC[C@H](N)C(=O)N(CC)CC1COc2ccccc2O1.Cl. The van der Waals surface area contributed by atoms with Gasteiger partial charge in [0.1, 0.15) is 6.61 Å². The Labute approximate surface area is 131 Å². The molecule has 1 heterocycles. The molecule has 0 aliphatic carbocycles. The van der Waals surface area contributed by atoms with Crippen molar-refractivity contribution in [3.05, 3.63) is 24.3 Å². The van der Waals surface area contributed by atoms with Gasteiger partial charge in [-0.2, -0.15) is 0 Å². The van der Waals surface area contributed by atoms with Gasteiger partial charge in [-0.15, -0.1) is 12.4 Å². The normalized spacial score (nSPS) is 17.6. The number of nitrogens with zero attached hydrogens (tertiary/aromatic N) is 1. The Morgan fingerprint density at radius 1 is 1.38 bits per heavy atom. The topological polar surface area (TPSA) is 64.8 Å². The second-order valence-corrected chi connectivity index (χ2v) is 4.89. The van der Waals surface area contributed by atoms with E-state index >= 15 is 0 Å². The number of halogens is 1. The number of amides is 1. The van der Waals surface area contributed by atoms with Crippen LogP contribution in [0.25, 0.3) is 0 Å². The van der Waals surface area contributed by atoms with Crippen molar-refractivity contribution in [2.75, 3.05) is 19.7 Å². The molecule has 0 fully saturated rings. The van der Waals surface area contributed by atoms with E-state index in [1.165, 1.54) is 0 Å². The number of carbonyl (C=O) groups excluding carboxylic acids is 1. The molecular weight excluding hydrogens is 292 g/mol. The molecule has 1 unspecified atom stereocenters. The lowest BCUT2D eigenvalue weighted by atomic mass is 10.2. The first-order chi connectivity index (χ1) is 9.65. The first-order valence-electron chi connectivity index (χ1n) is 7.08. The summed E-state index contributed by atoms with van der Waals surface area (Å²) in [4.78, 5) is 13.9. The Balaban J connectivity index is 0.00000220. The molecule has 2 rings (SSSR count). The van der Waals surface area contributed by atoms with Crippen molar-refractivity contribution >= 4 is 18.3 Å². The Morgan fingerprint density at radius 2 is 2.05 bits per heavy atom. The van der Waals surface area contributed by atoms with Crippen LogP contribution in [0.5, 0.6) is 11.5 Å². The highest BCUT2D eigenvalue weighted by Crippen LogP contribution is 2.31. The summed E-state index contributed by atoms with van der Waals surface area (Å²) in [5.41, 5.74) is 5.81.